The second-order valence-electron chi connectivity index (χ2n) is 8.11. The minimum atomic E-state index is -0.882. The lowest BCUT2D eigenvalue weighted by Gasteiger charge is -2.23. The molecule has 0 saturated heterocycles. The summed E-state index contributed by atoms with van der Waals surface area (Å²) in [5.41, 5.74) is 2.39. The Balaban J connectivity index is 1.53. The Hall–Kier alpha value is -3.80. The molecule has 6 nitrogen and oxygen atoms in total. The summed E-state index contributed by atoms with van der Waals surface area (Å²) in [5.74, 6) is -1.70. The van der Waals surface area contributed by atoms with Gasteiger partial charge in [-0.3, -0.25) is 4.79 Å². The third-order valence-electron chi connectivity index (χ3n) is 5.80. The van der Waals surface area contributed by atoms with E-state index >= 15 is 0 Å². The lowest BCUT2D eigenvalue weighted by molar-refractivity contribution is -0.117. The molecule has 31 heavy (non-hydrogen) atoms. The van der Waals surface area contributed by atoms with E-state index in [9.17, 15) is 19.8 Å². The minimum Gasteiger partial charge on any atom is -0.507 e. The molecule has 0 bridgehead atoms. The molecule has 1 heterocycles. The molecule has 4 rings (SSSR count). The predicted octanol–water partition coefficient (Wildman–Crippen LogP) is 4.29. The Labute approximate surface area is 180 Å². The number of phenols is 2. The summed E-state index contributed by atoms with van der Waals surface area (Å²) in [6.07, 6.45) is 1.49. The number of likely N-dealkylation sites (N-methyl/N-ethyl adjacent to an activating group) is 1. The summed E-state index contributed by atoms with van der Waals surface area (Å²) < 4.78 is 5.14. The van der Waals surface area contributed by atoms with Gasteiger partial charge in [-0.05, 0) is 17.7 Å². The molecule has 0 aliphatic carbocycles. The fourth-order valence-corrected chi connectivity index (χ4v) is 4.16. The van der Waals surface area contributed by atoms with Crippen LogP contribution in [0.15, 0.2) is 66.4 Å². The van der Waals surface area contributed by atoms with Crippen molar-refractivity contribution in [2.75, 3.05) is 18.6 Å². The molecular formula is C25H23NO5. The maximum absolute atomic E-state index is 12.6. The van der Waals surface area contributed by atoms with E-state index in [1.54, 1.807) is 24.3 Å². The van der Waals surface area contributed by atoms with Crippen LogP contribution >= 0.6 is 0 Å². The Kier molecular flexibility index (Phi) is 4.93. The Morgan fingerprint density at radius 3 is 2.39 bits per heavy atom. The number of benzene rings is 3. The zero-order valence-corrected chi connectivity index (χ0v) is 17.5. The highest BCUT2D eigenvalue weighted by molar-refractivity contribution is 6.04. The maximum Gasteiger partial charge on any atom is 0.342 e. The molecule has 2 N–H and O–H groups in total. The third-order valence-corrected chi connectivity index (χ3v) is 5.80. The zero-order chi connectivity index (χ0) is 22.3. The number of ketones is 1. The van der Waals surface area contributed by atoms with E-state index in [0.717, 1.165) is 23.0 Å². The molecule has 0 saturated carbocycles. The first kappa shape index (κ1) is 20.5. The first-order chi connectivity index (χ1) is 14.7. The van der Waals surface area contributed by atoms with Crippen LogP contribution in [0.2, 0.25) is 0 Å². The van der Waals surface area contributed by atoms with Crippen molar-refractivity contribution in [3.8, 4) is 11.5 Å². The molecule has 0 aromatic heterocycles. The SMILES string of the molecule is CN1C(=CC(=O)COC(=O)c2cc(O)c3ccccc3c2O)C(C)(C)c2ccccc21. The van der Waals surface area contributed by atoms with Crippen LogP contribution in [0.4, 0.5) is 5.69 Å². The lowest BCUT2D eigenvalue weighted by Crippen LogP contribution is -2.25. The molecule has 1 aliphatic heterocycles. The molecule has 0 radical (unpaired) electrons. The number of aromatic hydroxyl groups is 2. The molecule has 6 heteroatoms. The predicted molar refractivity (Wildman–Crippen MR) is 119 cm³/mol. The highest BCUT2D eigenvalue weighted by atomic mass is 16.5. The highest BCUT2D eigenvalue weighted by Gasteiger charge is 2.38. The molecule has 1 aliphatic rings. The van der Waals surface area contributed by atoms with E-state index < -0.39 is 12.6 Å². The number of nitrogens with zero attached hydrogens (tertiary/aromatic N) is 1. The number of phenolic OH excluding ortho intramolecular Hbond substituents is 2. The Bertz CT molecular complexity index is 1240. The molecule has 0 amide bonds. The van der Waals surface area contributed by atoms with E-state index in [0.29, 0.717) is 10.8 Å². The number of fused-ring (bicyclic) bond motifs is 2. The van der Waals surface area contributed by atoms with Crippen molar-refractivity contribution in [3.63, 3.8) is 0 Å². The summed E-state index contributed by atoms with van der Waals surface area (Å²) in [7, 11) is 1.90. The maximum atomic E-state index is 12.6. The van der Waals surface area contributed by atoms with Crippen LogP contribution < -0.4 is 4.90 Å². The van der Waals surface area contributed by atoms with Crippen molar-refractivity contribution in [2.24, 2.45) is 0 Å². The van der Waals surface area contributed by atoms with Gasteiger partial charge in [0.2, 0.25) is 0 Å². The van der Waals surface area contributed by atoms with Crippen LogP contribution in [0.1, 0.15) is 29.8 Å². The summed E-state index contributed by atoms with van der Waals surface area (Å²) >= 11 is 0. The number of allylic oxidation sites excluding steroid dienone is 1. The first-order valence-electron chi connectivity index (χ1n) is 9.91. The average Bonchev–Trinajstić information content (AvgIpc) is 2.95. The van der Waals surface area contributed by atoms with Gasteiger partial charge < -0.3 is 19.8 Å². The van der Waals surface area contributed by atoms with Crippen molar-refractivity contribution in [2.45, 2.75) is 19.3 Å². The monoisotopic (exact) mass is 417 g/mol. The molecule has 0 atom stereocenters. The van der Waals surface area contributed by atoms with Gasteiger partial charge in [-0.2, -0.15) is 0 Å². The lowest BCUT2D eigenvalue weighted by atomic mass is 9.83. The van der Waals surface area contributed by atoms with Gasteiger partial charge in [0.25, 0.3) is 0 Å². The van der Waals surface area contributed by atoms with Gasteiger partial charge in [0.1, 0.15) is 17.1 Å². The van der Waals surface area contributed by atoms with E-state index in [-0.39, 0.29) is 28.3 Å². The number of hydrogen-bond donors (Lipinski definition) is 2. The molecule has 158 valence electrons. The molecule has 3 aromatic carbocycles. The smallest absolute Gasteiger partial charge is 0.342 e. The van der Waals surface area contributed by atoms with E-state index in [2.05, 4.69) is 0 Å². The van der Waals surface area contributed by atoms with Crippen molar-refractivity contribution in [1.82, 2.24) is 0 Å². The van der Waals surface area contributed by atoms with Crippen molar-refractivity contribution in [3.05, 3.63) is 77.5 Å². The number of hydrogen-bond acceptors (Lipinski definition) is 6. The molecular weight excluding hydrogens is 394 g/mol. The van der Waals surface area contributed by atoms with Crippen molar-refractivity contribution in [1.29, 1.82) is 0 Å². The Morgan fingerprint density at radius 1 is 1.03 bits per heavy atom. The molecule has 0 unspecified atom stereocenters. The fourth-order valence-electron chi connectivity index (χ4n) is 4.16. The van der Waals surface area contributed by atoms with Gasteiger partial charge >= 0.3 is 5.97 Å². The van der Waals surface area contributed by atoms with Crippen LogP contribution in [0.25, 0.3) is 10.8 Å². The largest absolute Gasteiger partial charge is 0.507 e. The fraction of sp³-hybridized carbons (Fsp3) is 0.200. The number of ether oxygens (including phenoxy) is 1. The average molecular weight is 417 g/mol. The number of rotatable bonds is 4. The van der Waals surface area contributed by atoms with Gasteiger partial charge in [-0.1, -0.05) is 56.3 Å². The first-order valence-corrected chi connectivity index (χ1v) is 9.91. The van der Waals surface area contributed by atoms with Gasteiger partial charge in [0.05, 0.1) is 0 Å². The van der Waals surface area contributed by atoms with Crippen LogP contribution in [0.3, 0.4) is 0 Å². The normalized spacial score (nSPS) is 15.8. The van der Waals surface area contributed by atoms with Crippen LogP contribution in [-0.4, -0.2) is 35.6 Å². The quantitative estimate of drug-likeness (QED) is 0.374. The Morgan fingerprint density at radius 2 is 1.68 bits per heavy atom. The van der Waals surface area contributed by atoms with Crippen LogP contribution in [0.5, 0.6) is 11.5 Å². The van der Waals surface area contributed by atoms with Crippen molar-refractivity contribution < 1.29 is 24.5 Å². The summed E-state index contributed by atoms with van der Waals surface area (Å²) in [5, 5.41) is 21.3. The van der Waals surface area contributed by atoms with Crippen LogP contribution in [0, 0.1) is 0 Å². The van der Waals surface area contributed by atoms with Crippen molar-refractivity contribution >= 4 is 28.2 Å². The third kappa shape index (κ3) is 3.40. The van der Waals surface area contributed by atoms with Gasteiger partial charge in [0, 0.05) is 40.7 Å². The van der Waals surface area contributed by atoms with Gasteiger partial charge in [-0.15, -0.1) is 0 Å². The highest BCUT2D eigenvalue weighted by Crippen LogP contribution is 2.46. The molecule has 3 aromatic rings. The standard InChI is InChI=1S/C25H23NO5/c1-25(2)19-10-6-7-11-20(19)26(3)22(25)12-15(27)14-31-24(30)18-13-21(28)16-8-4-5-9-17(16)23(18)29/h4-13,28-29H,14H2,1-3H3. The molecule has 0 fully saturated rings. The van der Waals surface area contributed by atoms with Crippen LogP contribution in [-0.2, 0) is 14.9 Å². The second-order valence-corrected chi connectivity index (χ2v) is 8.11. The molecule has 0 spiro atoms. The number of esters is 1. The number of carbonyl (C=O) groups is 2. The topological polar surface area (TPSA) is 87.1 Å². The number of anilines is 1. The minimum absolute atomic E-state index is 0.152. The second kappa shape index (κ2) is 7.47. The summed E-state index contributed by atoms with van der Waals surface area (Å²) in [6, 6.07) is 15.7. The summed E-state index contributed by atoms with van der Waals surface area (Å²) in [6.45, 7) is 3.60. The number of para-hydroxylation sites is 1. The van der Waals surface area contributed by atoms with E-state index in [4.69, 9.17) is 4.74 Å². The zero-order valence-electron chi connectivity index (χ0n) is 17.5. The number of carbonyl (C=O) groups excluding carboxylic acids is 2. The van der Waals surface area contributed by atoms with Gasteiger partial charge in [-0.25, -0.2) is 4.79 Å². The summed E-state index contributed by atoms with van der Waals surface area (Å²) in [4.78, 5) is 27.0. The van der Waals surface area contributed by atoms with E-state index in [1.165, 1.54) is 6.08 Å². The van der Waals surface area contributed by atoms with Gasteiger partial charge in [0.15, 0.2) is 12.4 Å². The van der Waals surface area contributed by atoms with E-state index in [1.807, 2.05) is 50.1 Å².